The van der Waals surface area contributed by atoms with E-state index in [0.717, 1.165) is 23.1 Å². The van der Waals surface area contributed by atoms with Crippen molar-refractivity contribution < 1.29 is 13.6 Å². The summed E-state index contributed by atoms with van der Waals surface area (Å²) in [4.78, 5) is 16.4. The molecule has 1 heterocycles. The maximum Gasteiger partial charge on any atom is 0.315 e. The zero-order valence-corrected chi connectivity index (χ0v) is 15.5. The molecule has 3 atom stereocenters. The molecular weight excluding hydrogens is 376 g/mol. The topological polar surface area (TPSA) is 71.8 Å². The molecule has 148 valence electrons. The Morgan fingerprint density at radius 1 is 1.17 bits per heavy atom. The van der Waals surface area contributed by atoms with Crippen LogP contribution >= 0.6 is 0 Å². The first-order valence-corrected chi connectivity index (χ1v) is 9.52. The van der Waals surface area contributed by atoms with E-state index in [-0.39, 0.29) is 36.2 Å². The third-order valence-electron chi connectivity index (χ3n) is 5.61. The Morgan fingerprint density at radius 2 is 2.03 bits per heavy atom. The Balaban J connectivity index is 1.12. The fourth-order valence-corrected chi connectivity index (χ4v) is 4.25. The fraction of sp³-hybridized carbons (Fsp3) is 0.286. The monoisotopic (exact) mass is 395 g/mol. The molecule has 8 heteroatoms. The number of halogens is 2. The molecule has 3 aromatic rings. The number of nitrogens with zero attached hydrogens (tertiary/aromatic N) is 3. The quantitative estimate of drug-likeness (QED) is 0.698. The highest BCUT2D eigenvalue weighted by Gasteiger charge is 2.56. The van der Waals surface area contributed by atoms with Crippen LogP contribution in [-0.4, -0.2) is 26.8 Å². The van der Waals surface area contributed by atoms with E-state index in [9.17, 15) is 13.6 Å². The van der Waals surface area contributed by atoms with Crippen LogP contribution in [0, 0.1) is 17.6 Å². The zero-order chi connectivity index (χ0) is 20.0. The van der Waals surface area contributed by atoms with Gasteiger partial charge >= 0.3 is 6.03 Å². The van der Waals surface area contributed by atoms with Gasteiger partial charge in [-0.3, -0.25) is 0 Å². The summed E-state index contributed by atoms with van der Waals surface area (Å²) in [5, 5.41) is 10.1. The maximum absolute atomic E-state index is 13.3. The predicted octanol–water partition coefficient (Wildman–Crippen LogP) is 2.74. The molecule has 29 heavy (non-hydrogen) atoms. The third-order valence-corrected chi connectivity index (χ3v) is 5.61. The van der Waals surface area contributed by atoms with Gasteiger partial charge in [-0.15, -0.1) is 0 Å². The molecule has 2 amide bonds. The highest BCUT2D eigenvalue weighted by molar-refractivity contribution is 5.75. The van der Waals surface area contributed by atoms with E-state index >= 15 is 0 Å². The van der Waals surface area contributed by atoms with Crippen molar-refractivity contribution in [3.8, 4) is 0 Å². The molecule has 2 N–H and O–H groups in total. The van der Waals surface area contributed by atoms with Crippen LogP contribution in [-0.2, 0) is 19.5 Å². The van der Waals surface area contributed by atoms with Crippen LogP contribution in [0.25, 0.3) is 0 Å². The van der Waals surface area contributed by atoms with Crippen LogP contribution in [0.15, 0.2) is 48.8 Å². The van der Waals surface area contributed by atoms with E-state index in [0.29, 0.717) is 18.3 Å². The van der Waals surface area contributed by atoms with E-state index < -0.39 is 0 Å². The van der Waals surface area contributed by atoms with Crippen molar-refractivity contribution in [3.05, 3.63) is 82.9 Å². The number of urea groups is 1. The van der Waals surface area contributed by atoms with Gasteiger partial charge in [0.1, 0.15) is 18.0 Å². The van der Waals surface area contributed by atoms with Crippen LogP contribution in [0.4, 0.5) is 13.6 Å². The zero-order valence-electron chi connectivity index (χ0n) is 15.5. The van der Waals surface area contributed by atoms with Gasteiger partial charge in [-0.05, 0) is 53.3 Å². The van der Waals surface area contributed by atoms with Crippen LogP contribution < -0.4 is 10.6 Å². The van der Waals surface area contributed by atoms with Gasteiger partial charge in [0.2, 0.25) is 0 Å². The largest absolute Gasteiger partial charge is 0.334 e. The number of nitrogens with one attached hydrogen (secondary N) is 2. The van der Waals surface area contributed by atoms with Gasteiger partial charge in [-0.1, -0.05) is 18.2 Å². The second kappa shape index (κ2) is 6.95. The van der Waals surface area contributed by atoms with E-state index in [4.69, 9.17) is 0 Å². The summed E-state index contributed by atoms with van der Waals surface area (Å²) >= 11 is 0. The molecule has 3 unspecified atom stereocenters. The Morgan fingerprint density at radius 3 is 2.90 bits per heavy atom. The summed E-state index contributed by atoms with van der Waals surface area (Å²) in [6.45, 7) is 0.605. The molecule has 1 fully saturated rings. The van der Waals surface area contributed by atoms with Crippen LogP contribution in [0.2, 0.25) is 0 Å². The van der Waals surface area contributed by atoms with E-state index in [1.807, 2.05) is 12.1 Å². The first kappa shape index (κ1) is 17.8. The molecular formula is C21H19F2N5O. The molecule has 2 aliphatic carbocycles. The number of carbonyl (C=O) groups excluding carboxylic acids is 1. The minimum absolute atomic E-state index is 0.0893. The van der Waals surface area contributed by atoms with Crippen LogP contribution in [0.1, 0.15) is 28.4 Å². The minimum Gasteiger partial charge on any atom is -0.334 e. The van der Waals surface area contributed by atoms with Crippen molar-refractivity contribution >= 4 is 6.03 Å². The van der Waals surface area contributed by atoms with Crippen molar-refractivity contribution in [3.63, 3.8) is 0 Å². The summed E-state index contributed by atoms with van der Waals surface area (Å²) in [5.41, 5.74) is 2.97. The molecule has 0 bridgehead atoms. The molecule has 0 saturated heterocycles. The maximum atomic E-state index is 13.3. The molecule has 5 rings (SSSR count). The van der Waals surface area contributed by atoms with E-state index in [2.05, 4.69) is 20.7 Å². The van der Waals surface area contributed by atoms with Gasteiger partial charge in [-0.25, -0.2) is 23.2 Å². The van der Waals surface area contributed by atoms with Crippen molar-refractivity contribution in [1.82, 2.24) is 25.4 Å². The number of carbonyl (C=O) groups is 1. The molecule has 1 saturated carbocycles. The second-order valence-electron chi connectivity index (χ2n) is 7.58. The number of aromatic nitrogens is 3. The van der Waals surface area contributed by atoms with Crippen LogP contribution in [0.3, 0.4) is 0 Å². The number of hydrogen-bond acceptors (Lipinski definition) is 3. The number of rotatable bonds is 5. The SMILES string of the molecule is O=C(NCc1ncn(Cc2cccc(F)c2)n1)NC1C2Cc3cc(F)ccc3C21. The lowest BCUT2D eigenvalue weighted by molar-refractivity contribution is 0.239. The normalized spacial score (nSPS) is 21.4. The van der Waals surface area contributed by atoms with Crippen LogP contribution in [0.5, 0.6) is 0 Å². The molecule has 0 radical (unpaired) electrons. The summed E-state index contributed by atoms with van der Waals surface area (Å²) in [6.07, 6.45) is 2.36. The van der Waals surface area contributed by atoms with Crippen molar-refractivity contribution in [2.24, 2.45) is 5.92 Å². The lowest BCUT2D eigenvalue weighted by atomic mass is 10.0. The number of benzene rings is 2. The third kappa shape index (κ3) is 3.57. The van der Waals surface area contributed by atoms with Gasteiger partial charge in [0, 0.05) is 12.0 Å². The molecule has 1 aromatic heterocycles. The Hall–Kier alpha value is -3.29. The van der Waals surface area contributed by atoms with Crippen molar-refractivity contribution in [2.45, 2.75) is 31.5 Å². The summed E-state index contributed by atoms with van der Waals surface area (Å²) in [5.74, 6) is 0.602. The number of amides is 2. The average molecular weight is 395 g/mol. The number of hydrogen-bond donors (Lipinski definition) is 2. The lowest BCUT2D eigenvalue weighted by Gasteiger charge is -2.10. The molecule has 2 aliphatic rings. The molecule has 6 nitrogen and oxygen atoms in total. The molecule has 0 spiro atoms. The van der Waals surface area contributed by atoms with Gasteiger partial charge < -0.3 is 10.6 Å². The average Bonchev–Trinajstić information content (AvgIpc) is 3.03. The van der Waals surface area contributed by atoms with Gasteiger partial charge in [-0.2, -0.15) is 5.10 Å². The Bertz CT molecular complexity index is 1080. The first-order valence-electron chi connectivity index (χ1n) is 9.52. The highest BCUT2D eigenvalue weighted by Crippen LogP contribution is 2.56. The van der Waals surface area contributed by atoms with Crippen molar-refractivity contribution in [2.75, 3.05) is 0 Å². The fourth-order valence-electron chi connectivity index (χ4n) is 4.25. The van der Waals surface area contributed by atoms with Gasteiger partial charge in [0.25, 0.3) is 0 Å². The molecule has 2 aromatic carbocycles. The predicted molar refractivity (Wildman–Crippen MR) is 101 cm³/mol. The summed E-state index contributed by atoms with van der Waals surface area (Å²) < 4.78 is 28.2. The van der Waals surface area contributed by atoms with E-state index in [1.165, 1.54) is 18.2 Å². The lowest BCUT2D eigenvalue weighted by Crippen LogP contribution is -2.38. The standard InChI is InChI=1S/C21H19F2N5O/c22-14-3-1-2-12(6-14)10-28-11-25-18(27-28)9-24-21(29)26-20-17-8-13-7-15(23)4-5-16(13)19(17)20/h1-7,11,17,19-20H,8-10H2,(H2,24,26,29). The second-order valence-corrected chi connectivity index (χ2v) is 7.58. The Kier molecular flexibility index (Phi) is 4.26. The smallest absolute Gasteiger partial charge is 0.315 e. The first-order chi connectivity index (χ1) is 14.1. The van der Waals surface area contributed by atoms with Crippen molar-refractivity contribution in [1.29, 1.82) is 0 Å². The van der Waals surface area contributed by atoms with Gasteiger partial charge in [0.05, 0.1) is 13.1 Å². The Labute approximate surface area is 166 Å². The highest BCUT2D eigenvalue weighted by atomic mass is 19.1. The minimum atomic E-state index is -0.293. The molecule has 0 aliphatic heterocycles. The number of fused-ring (bicyclic) bond motifs is 3. The van der Waals surface area contributed by atoms with Gasteiger partial charge in [0.15, 0.2) is 5.82 Å². The van der Waals surface area contributed by atoms with E-state index in [1.54, 1.807) is 23.1 Å². The summed E-state index contributed by atoms with van der Waals surface area (Å²) in [7, 11) is 0. The summed E-state index contributed by atoms with van der Waals surface area (Å²) in [6, 6.07) is 11.0.